The Labute approximate surface area is 177 Å². The first kappa shape index (κ1) is 22.5. The van der Waals surface area contributed by atoms with Crippen molar-refractivity contribution in [2.75, 3.05) is 7.11 Å². The van der Waals surface area contributed by atoms with E-state index in [1.54, 1.807) is 0 Å². The second-order valence-corrected chi connectivity index (χ2v) is 8.56. The number of carbonyl (C=O) groups excluding carboxylic acids is 1. The summed E-state index contributed by atoms with van der Waals surface area (Å²) in [4.78, 5) is 11.9. The van der Waals surface area contributed by atoms with Gasteiger partial charge in [0.1, 0.15) is 12.3 Å². The molecule has 29 heavy (non-hydrogen) atoms. The van der Waals surface area contributed by atoms with Crippen LogP contribution in [0.25, 0.3) is 0 Å². The van der Waals surface area contributed by atoms with Crippen molar-refractivity contribution in [1.29, 1.82) is 0 Å². The van der Waals surface area contributed by atoms with Crippen LogP contribution in [0.4, 0.5) is 0 Å². The summed E-state index contributed by atoms with van der Waals surface area (Å²) in [6.07, 6.45) is -0.177. The third-order valence-corrected chi connectivity index (χ3v) is 5.30. The summed E-state index contributed by atoms with van der Waals surface area (Å²) in [5, 5.41) is 7.58. The Balaban J connectivity index is 1.59. The van der Waals surface area contributed by atoms with E-state index >= 15 is 0 Å². The Bertz CT molecular complexity index is 684. The third kappa shape index (κ3) is 6.38. The Morgan fingerprint density at radius 1 is 1.10 bits per heavy atom. The molecule has 2 aliphatic rings. The zero-order valence-corrected chi connectivity index (χ0v) is 18.3. The van der Waals surface area contributed by atoms with E-state index in [9.17, 15) is 4.79 Å². The fourth-order valence-electron chi connectivity index (χ4n) is 3.39. The van der Waals surface area contributed by atoms with Gasteiger partial charge in [0, 0.05) is 17.1 Å². The van der Waals surface area contributed by atoms with Crippen LogP contribution in [-0.2, 0) is 23.7 Å². The average Bonchev–Trinajstić information content (AvgIpc) is 3.57. The molecule has 0 radical (unpaired) electrons. The molecule has 8 heteroatoms. The highest BCUT2D eigenvalue weighted by molar-refractivity contribution is 6.30. The van der Waals surface area contributed by atoms with Crippen LogP contribution >= 0.6 is 11.6 Å². The van der Waals surface area contributed by atoms with Crippen LogP contribution in [-0.4, -0.2) is 50.1 Å². The predicted octanol–water partition coefficient (Wildman–Crippen LogP) is 2.98. The summed E-state index contributed by atoms with van der Waals surface area (Å²) in [7, 11) is 1.39. The molecular formula is C21H31ClN2O5. The standard InChI is InChI=1S/C21H31ClN2O5/c1-11(2)17(24-20-21(29-20)27-12(3)4)18-19(28-18)23-15(10-16(25)26-5)13-6-8-14(22)9-7-13/h6-9,11-12,15,17-21,23-24H,10H2,1-5H3. The molecule has 1 aromatic rings. The number of halogens is 1. The van der Waals surface area contributed by atoms with Gasteiger partial charge >= 0.3 is 5.97 Å². The van der Waals surface area contributed by atoms with Crippen LogP contribution < -0.4 is 10.6 Å². The van der Waals surface area contributed by atoms with E-state index in [2.05, 4.69) is 24.5 Å². The Kier molecular flexibility index (Phi) is 7.53. The minimum atomic E-state index is -0.284. The van der Waals surface area contributed by atoms with Crippen molar-refractivity contribution in [2.45, 2.75) is 77.2 Å². The molecule has 0 saturated carbocycles. The van der Waals surface area contributed by atoms with Crippen molar-refractivity contribution in [1.82, 2.24) is 10.6 Å². The fourth-order valence-corrected chi connectivity index (χ4v) is 3.52. The van der Waals surface area contributed by atoms with Gasteiger partial charge in [-0.1, -0.05) is 37.6 Å². The molecule has 2 fully saturated rings. The molecule has 2 aliphatic heterocycles. The highest BCUT2D eigenvalue weighted by Crippen LogP contribution is 2.33. The lowest BCUT2D eigenvalue weighted by Gasteiger charge is -2.21. The lowest BCUT2D eigenvalue weighted by atomic mass is 9.99. The van der Waals surface area contributed by atoms with E-state index in [1.165, 1.54) is 7.11 Å². The molecule has 162 valence electrons. The van der Waals surface area contributed by atoms with Crippen LogP contribution in [0.2, 0.25) is 5.02 Å². The van der Waals surface area contributed by atoms with Gasteiger partial charge < -0.3 is 18.9 Å². The summed E-state index contributed by atoms with van der Waals surface area (Å²) in [6, 6.07) is 7.31. The topological polar surface area (TPSA) is 84.7 Å². The number of hydrogen-bond acceptors (Lipinski definition) is 7. The van der Waals surface area contributed by atoms with E-state index in [4.69, 9.17) is 30.5 Å². The summed E-state index contributed by atoms with van der Waals surface area (Å²) in [5.74, 6) is 0.0542. The molecule has 3 rings (SSSR count). The minimum Gasteiger partial charge on any atom is -0.469 e. The quantitative estimate of drug-likeness (QED) is 0.415. The zero-order valence-electron chi connectivity index (χ0n) is 17.6. The smallest absolute Gasteiger partial charge is 0.307 e. The molecule has 2 heterocycles. The van der Waals surface area contributed by atoms with Crippen molar-refractivity contribution in [2.24, 2.45) is 5.92 Å². The predicted molar refractivity (Wildman–Crippen MR) is 109 cm³/mol. The van der Waals surface area contributed by atoms with Crippen molar-refractivity contribution >= 4 is 17.6 Å². The van der Waals surface area contributed by atoms with E-state index in [1.807, 2.05) is 38.1 Å². The van der Waals surface area contributed by atoms with Crippen molar-refractivity contribution in [3.63, 3.8) is 0 Å². The van der Waals surface area contributed by atoms with Crippen molar-refractivity contribution in [3.05, 3.63) is 34.9 Å². The second-order valence-electron chi connectivity index (χ2n) is 8.12. The Morgan fingerprint density at radius 2 is 1.79 bits per heavy atom. The van der Waals surface area contributed by atoms with Gasteiger partial charge in [0.25, 0.3) is 0 Å². The molecule has 7 nitrogen and oxygen atoms in total. The molecular weight excluding hydrogens is 396 g/mol. The third-order valence-electron chi connectivity index (χ3n) is 5.05. The molecule has 0 spiro atoms. The monoisotopic (exact) mass is 426 g/mol. The molecule has 0 amide bonds. The second kappa shape index (κ2) is 9.73. The largest absolute Gasteiger partial charge is 0.469 e. The number of carbonyl (C=O) groups is 1. The Hall–Kier alpha value is -1.22. The number of epoxide rings is 2. The van der Waals surface area contributed by atoms with Gasteiger partial charge in [0.05, 0.1) is 19.6 Å². The van der Waals surface area contributed by atoms with Gasteiger partial charge in [-0.05, 0) is 37.5 Å². The van der Waals surface area contributed by atoms with Gasteiger partial charge in [-0.25, -0.2) is 0 Å². The number of hydrogen-bond donors (Lipinski definition) is 2. The number of ether oxygens (including phenoxy) is 4. The molecule has 0 aromatic heterocycles. The summed E-state index contributed by atoms with van der Waals surface area (Å²) < 4.78 is 22.0. The van der Waals surface area contributed by atoms with Crippen LogP contribution in [0.5, 0.6) is 0 Å². The fraction of sp³-hybridized carbons (Fsp3) is 0.667. The maximum absolute atomic E-state index is 11.9. The van der Waals surface area contributed by atoms with Gasteiger partial charge in [-0.15, -0.1) is 0 Å². The van der Waals surface area contributed by atoms with Crippen LogP contribution in [0.15, 0.2) is 24.3 Å². The average molecular weight is 427 g/mol. The molecule has 2 N–H and O–H groups in total. The molecule has 0 aliphatic carbocycles. The maximum atomic E-state index is 11.9. The highest BCUT2D eigenvalue weighted by atomic mass is 35.5. The molecule has 6 atom stereocenters. The first-order valence-corrected chi connectivity index (χ1v) is 10.5. The molecule has 6 unspecified atom stereocenters. The molecule has 0 bridgehead atoms. The minimum absolute atomic E-state index is 0.0219. The number of rotatable bonds is 11. The maximum Gasteiger partial charge on any atom is 0.307 e. The van der Waals surface area contributed by atoms with Gasteiger partial charge in [-0.3, -0.25) is 15.4 Å². The number of benzene rings is 1. The molecule has 1 aromatic carbocycles. The SMILES string of the molecule is COC(=O)CC(NC1OC1C(NC1OC1OC(C)C)C(C)C)c1ccc(Cl)cc1. The Morgan fingerprint density at radius 3 is 2.38 bits per heavy atom. The molecule has 2 saturated heterocycles. The first-order valence-electron chi connectivity index (χ1n) is 10.1. The summed E-state index contributed by atoms with van der Waals surface area (Å²) in [6.45, 7) is 8.26. The van der Waals surface area contributed by atoms with Gasteiger partial charge in [0.15, 0.2) is 12.5 Å². The number of esters is 1. The van der Waals surface area contributed by atoms with E-state index in [0.29, 0.717) is 10.9 Å². The highest BCUT2D eigenvalue weighted by Gasteiger charge is 2.51. The lowest BCUT2D eigenvalue weighted by Crippen LogP contribution is -2.44. The summed E-state index contributed by atoms with van der Waals surface area (Å²) in [5.41, 5.74) is 0.957. The lowest BCUT2D eigenvalue weighted by molar-refractivity contribution is -0.141. The van der Waals surface area contributed by atoms with Crippen molar-refractivity contribution < 1.29 is 23.7 Å². The van der Waals surface area contributed by atoms with E-state index in [0.717, 1.165) is 5.56 Å². The number of methoxy groups -OCH3 is 1. The zero-order chi connectivity index (χ0) is 21.1. The van der Waals surface area contributed by atoms with E-state index < -0.39 is 0 Å². The van der Waals surface area contributed by atoms with Crippen molar-refractivity contribution in [3.8, 4) is 0 Å². The number of nitrogens with one attached hydrogen (secondary N) is 2. The van der Waals surface area contributed by atoms with Crippen LogP contribution in [0.1, 0.15) is 45.7 Å². The van der Waals surface area contributed by atoms with Crippen LogP contribution in [0, 0.1) is 5.92 Å². The van der Waals surface area contributed by atoms with Gasteiger partial charge in [-0.2, -0.15) is 0 Å². The van der Waals surface area contributed by atoms with E-state index in [-0.39, 0.29) is 55.4 Å². The van der Waals surface area contributed by atoms with Gasteiger partial charge in [0.2, 0.25) is 0 Å². The first-order chi connectivity index (χ1) is 13.8. The summed E-state index contributed by atoms with van der Waals surface area (Å²) >= 11 is 6.00. The van der Waals surface area contributed by atoms with Crippen LogP contribution in [0.3, 0.4) is 0 Å². The normalized spacial score (nSPS) is 27.7.